The molecule has 0 aliphatic heterocycles. The van der Waals surface area contributed by atoms with Gasteiger partial charge in [0, 0.05) is 21.8 Å². The van der Waals surface area contributed by atoms with Crippen molar-refractivity contribution >= 4 is 11.8 Å². The van der Waals surface area contributed by atoms with Crippen LogP contribution in [0.5, 0.6) is 5.75 Å². The summed E-state index contributed by atoms with van der Waals surface area (Å²) in [5, 5.41) is 0.753. The fourth-order valence-corrected chi connectivity index (χ4v) is 4.11. The SMILES string of the molecule is COc1cccc(SC2CCCCC2)c1C(C)N. The fourth-order valence-electron chi connectivity index (χ4n) is 2.62. The third-order valence-electron chi connectivity index (χ3n) is 3.55. The van der Waals surface area contributed by atoms with Crippen LogP contribution >= 0.6 is 11.8 Å². The first-order valence-corrected chi connectivity index (χ1v) is 7.69. The Morgan fingerprint density at radius 2 is 2.00 bits per heavy atom. The zero-order valence-corrected chi connectivity index (χ0v) is 12.1. The van der Waals surface area contributed by atoms with Gasteiger partial charge in [0.25, 0.3) is 0 Å². The van der Waals surface area contributed by atoms with Gasteiger partial charge < -0.3 is 10.5 Å². The second kappa shape index (κ2) is 6.48. The first-order chi connectivity index (χ1) is 8.72. The Balaban J connectivity index is 2.20. The van der Waals surface area contributed by atoms with E-state index in [1.165, 1.54) is 37.0 Å². The third-order valence-corrected chi connectivity index (χ3v) is 4.96. The maximum Gasteiger partial charge on any atom is 0.124 e. The van der Waals surface area contributed by atoms with E-state index in [1.807, 2.05) is 24.8 Å². The van der Waals surface area contributed by atoms with Crippen LogP contribution in [0.1, 0.15) is 50.6 Å². The van der Waals surface area contributed by atoms with E-state index in [0.29, 0.717) is 0 Å². The normalized spacial score (nSPS) is 18.6. The van der Waals surface area contributed by atoms with Crippen LogP contribution < -0.4 is 10.5 Å². The lowest BCUT2D eigenvalue weighted by Crippen LogP contribution is -2.12. The molecule has 0 heterocycles. The number of hydrogen-bond acceptors (Lipinski definition) is 3. The van der Waals surface area contributed by atoms with Crippen LogP contribution in [-0.4, -0.2) is 12.4 Å². The number of ether oxygens (including phenoxy) is 1. The molecule has 1 aliphatic rings. The first-order valence-electron chi connectivity index (χ1n) is 6.81. The fraction of sp³-hybridized carbons (Fsp3) is 0.600. The van der Waals surface area contributed by atoms with Crippen molar-refractivity contribution in [2.45, 2.75) is 55.2 Å². The van der Waals surface area contributed by atoms with E-state index in [9.17, 15) is 0 Å². The summed E-state index contributed by atoms with van der Waals surface area (Å²) in [6, 6.07) is 6.27. The summed E-state index contributed by atoms with van der Waals surface area (Å²) in [5.41, 5.74) is 7.27. The van der Waals surface area contributed by atoms with E-state index >= 15 is 0 Å². The molecule has 0 amide bonds. The molecule has 18 heavy (non-hydrogen) atoms. The van der Waals surface area contributed by atoms with Gasteiger partial charge in [0.2, 0.25) is 0 Å². The van der Waals surface area contributed by atoms with Gasteiger partial charge in [0.15, 0.2) is 0 Å². The molecule has 2 rings (SSSR count). The molecule has 3 heteroatoms. The first kappa shape index (κ1) is 13.8. The molecular weight excluding hydrogens is 242 g/mol. The van der Waals surface area contributed by atoms with E-state index in [4.69, 9.17) is 10.5 Å². The molecule has 0 aromatic heterocycles. The monoisotopic (exact) mass is 265 g/mol. The minimum Gasteiger partial charge on any atom is -0.496 e. The Morgan fingerprint density at radius 3 is 2.61 bits per heavy atom. The summed E-state index contributed by atoms with van der Waals surface area (Å²) >= 11 is 1.99. The molecule has 0 radical (unpaired) electrons. The molecular formula is C15H23NOS. The Labute approximate surface area is 114 Å². The zero-order chi connectivity index (χ0) is 13.0. The van der Waals surface area contributed by atoms with Gasteiger partial charge in [0.1, 0.15) is 5.75 Å². The van der Waals surface area contributed by atoms with E-state index in [0.717, 1.165) is 16.6 Å². The summed E-state index contributed by atoms with van der Waals surface area (Å²) in [7, 11) is 1.72. The van der Waals surface area contributed by atoms with E-state index < -0.39 is 0 Å². The standard InChI is InChI=1S/C15H23NOS/c1-11(16)15-13(17-2)9-6-10-14(15)18-12-7-4-3-5-8-12/h6,9-12H,3-5,7-8,16H2,1-2H3. The number of benzene rings is 1. The number of thioether (sulfide) groups is 1. The summed E-state index contributed by atoms with van der Waals surface area (Å²) in [5.74, 6) is 0.922. The third kappa shape index (κ3) is 3.21. The second-order valence-electron chi connectivity index (χ2n) is 5.04. The highest BCUT2D eigenvalue weighted by molar-refractivity contribution is 8.00. The molecule has 0 spiro atoms. The molecule has 1 aromatic rings. The van der Waals surface area contributed by atoms with Gasteiger partial charge in [-0.25, -0.2) is 0 Å². The summed E-state index contributed by atoms with van der Waals surface area (Å²) in [6.45, 7) is 2.03. The molecule has 0 saturated heterocycles. The summed E-state index contributed by atoms with van der Waals surface area (Å²) in [6.07, 6.45) is 6.81. The highest BCUT2D eigenvalue weighted by Crippen LogP contribution is 2.39. The van der Waals surface area contributed by atoms with Crippen molar-refractivity contribution in [2.24, 2.45) is 5.73 Å². The van der Waals surface area contributed by atoms with Crippen LogP contribution in [0.2, 0.25) is 0 Å². The molecule has 1 saturated carbocycles. The highest BCUT2D eigenvalue weighted by atomic mass is 32.2. The van der Waals surface area contributed by atoms with Crippen LogP contribution in [0, 0.1) is 0 Å². The Hall–Kier alpha value is -0.670. The van der Waals surface area contributed by atoms with Crippen molar-refractivity contribution < 1.29 is 4.74 Å². The Kier molecular flexibility index (Phi) is 4.95. The molecule has 1 aromatic carbocycles. The van der Waals surface area contributed by atoms with Crippen LogP contribution in [0.3, 0.4) is 0 Å². The van der Waals surface area contributed by atoms with E-state index in [-0.39, 0.29) is 6.04 Å². The molecule has 2 N–H and O–H groups in total. The minimum atomic E-state index is 0.0206. The van der Waals surface area contributed by atoms with Gasteiger partial charge in [-0.3, -0.25) is 0 Å². The molecule has 1 atom stereocenters. The maximum absolute atomic E-state index is 6.10. The van der Waals surface area contributed by atoms with Crippen molar-refractivity contribution in [3.8, 4) is 5.75 Å². The predicted molar refractivity (Wildman–Crippen MR) is 78.3 cm³/mol. The topological polar surface area (TPSA) is 35.2 Å². The lowest BCUT2D eigenvalue weighted by Gasteiger charge is -2.23. The highest BCUT2D eigenvalue weighted by Gasteiger charge is 2.19. The smallest absolute Gasteiger partial charge is 0.124 e. The van der Waals surface area contributed by atoms with Gasteiger partial charge in [-0.05, 0) is 31.9 Å². The minimum absolute atomic E-state index is 0.0206. The maximum atomic E-state index is 6.10. The van der Waals surface area contributed by atoms with Crippen molar-refractivity contribution in [3.05, 3.63) is 23.8 Å². The molecule has 1 aliphatic carbocycles. The molecule has 100 valence electrons. The van der Waals surface area contributed by atoms with Gasteiger partial charge in [-0.1, -0.05) is 25.3 Å². The average molecular weight is 265 g/mol. The van der Waals surface area contributed by atoms with Crippen LogP contribution in [0.15, 0.2) is 23.1 Å². The summed E-state index contributed by atoms with van der Waals surface area (Å²) in [4.78, 5) is 1.30. The lowest BCUT2D eigenvalue weighted by molar-refractivity contribution is 0.405. The Morgan fingerprint density at radius 1 is 1.28 bits per heavy atom. The van der Waals surface area contributed by atoms with Crippen LogP contribution in [-0.2, 0) is 0 Å². The number of methoxy groups -OCH3 is 1. The van der Waals surface area contributed by atoms with Crippen molar-refractivity contribution in [3.63, 3.8) is 0 Å². The van der Waals surface area contributed by atoms with E-state index in [1.54, 1.807) is 7.11 Å². The van der Waals surface area contributed by atoms with Gasteiger partial charge in [-0.15, -0.1) is 11.8 Å². The van der Waals surface area contributed by atoms with Gasteiger partial charge in [-0.2, -0.15) is 0 Å². The second-order valence-corrected chi connectivity index (χ2v) is 6.38. The number of hydrogen-bond donors (Lipinski definition) is 1. The van der Waals surface area contributed by atoms with Crippen molar-refractivity contribution in [2.75, 3.05) is 7.11 Å². The molecule has 0 bridgehead atoms. The zero-order valence-electron chi connectivity index (χ0n) is 11.3. The Bertz CT molecular complexity index is 386. The van der Waals surface area contributed by atoms with Gasteiger partial charge >= 0.3 is 0 Å². The van der Waals surface area contributed by atoms with Crippen LogP contribution in [0.25, 0.3) is 0 Å². The van der Waals surface area contributed by atoms with Gasteiger partial charge in [0.05, 0.1) is 7.11 Å². The quantitative estimate of drug-likeness (QED) is 0.888. The van der Waals surface area contributed by atoms with E-state index in [2.05, 4.69) is 12.1 Å². The predicted octanol–water partition coefficient (Wildman–Crippen LogP) is 4.14. The molecule has 1 fully saturated rings. The van der Waals surface area contributed by atoms with Crippen molar-refractivity contribution in [1.29, 1.82) is 0 Å². The lowest BCUT2D eigenvalue weighted by atomic mass is 10.0. The largest absolute Gasteiger partial charge is 0.496 e. The van der Waals surface area contributed by atoms with Crippen LogP contribution in [0.4, 0.5) is 0 Å². The molecule has 1 unspecified atom stereocenters. The molecule has 2 nitrogen and oxygen atoms in total. The average Bonchev–Trinajstić information content (AvgIpc) is 2.39. The summed E-state index contributed by atoms with van der Waals surface area (Å²) < 4.78 is 5.44. The van der Waals surface area contributed by atoms with Crippen molar-refractivity contribution in [1.82, 2.24) is 0 Å². The number of nitrogens with two attached hydrogens (primary N) is 1. The number of rotatable bonds is 4.